The lowest BCUT2D eigenvalue weighted by molar-refractivity contribution is 0.0636. The van der Waals surface area contributed by atoms with Crippen LogP contribution in [0.2, 0.25) is 0 Å². The summed E-state index contributed by atoms with van der Waals surface area (Å²) in [6.45, 7) is 5.47. The molecule has 0 bridgehead atoms. The van der Waals surface area contributed by atoms with Gasteiger partial charge < -0.3 is 4.74 Å². The van der Waals surface area contributed by atoms with Gasteiger partial charge in [0.2, 0.25) is 0 Å². The molecular weight excluding hydrogens is 276 g/mol. The van der Waals surface area contributed by atoms with Gasteiger partial charge >= 0.3 is 6.09 Å². The number of aromatic nitrogens is 1. The van der Waals surface area contributed by atoms with Crippen molar-refractivity contribution < 1.29 is 9.53 Å². The molecule has 0 fully saturated rings. The molecule has 4 nitrogen and oxygen atoms in total. The molecule has 4 heteroatoms. The monoisotopic (exact) mass is 294 g/mol. The summed E-state index contributed by atoms with van der Waals surface area (Å²) in [6.07, 6.45) is 2.95. The number of hydrogen-bond acceptors (Lipinski definition) is 3. The highest BCUT2D eigenvalue weighted by Gasteiger charge is 2.15. The Morgan fingerprint density at radius 3 is 2.36 bits per heavy atom. The molecule has 0 spiro atoms. The molecule has 0 aliphatic heterocycles. The lowest BCUT2D eigenvalue weighted by Crippen LogP contribution is -2.27. The van der Waals surface area contributed by atoms with Gasteiger partial charge in [-0.3, -0.25) is 10.3 Å². The van der Waals surface area contributed by atoms with Crippen LogP contribution in [-0.2, 0) is 4.74 Å². The van der Waals surface area contributed by atoms with Gasteiger partial charge in [0, 0.05) is 29.2 Å². The predicted molar refractivity (Wildman–Crippen MR) is 86.5 cm³/mol. The molecule has 1 N–H and O–H groups in total. The number of benzene rings is 1. The third kappa shape index (κ3) is 5.29. The molecule has 0 radical (unpaired) electrons. The number of nitrogens with zero attached hydrogens (tertiary/aromatic N) is 1. The Hall–Kier alpha value is -2.80. The molecule has 1 aromatic carbocycles. The topological polar surface area (TPSA) is 51.2 Å². The zero-order valence-corrected chi connectivity index (χ0v) is 12.9. The van der Waals surface area contributed by atoms with Crippen LogP contribution in [0.25, 0.3) is 0 Å². The summed E-state index contributed by atoms with van der Waals surface area (Å²) in [5, 5.41) is 2.68. The SMILES string of the molecule is CC(C)(C)OC(=O)Nc1ccc(C#Cc2cccnc2)cc1. The van der Waals surface area contributed by atoms with E-state index in [4.69, 9.17) is 4.74 Å². The summed E-state index contributed by atoms with van der Waals surface area (Å²) >= 11 is 0. The molecule has 0 unspecified atom stereocenters. The molecule has 0 aliphatic carbocycles. The molecule has 22 heavy (non-hydrogen) atoms. The van der Waals surface area contributed by atoms with Gasteiger partial charge in [-0.2, -0.15) is 0 Å². The first kappa shape index (κ1) is 15.6. The molecule has 1 aromatic heterocycles. The second-order valence-corrected chi connectivity index (χ2v) is 5.70. The minimum atomic E-state index is -0.515. The maximum Gasteiger partial charge on any atom is 0.412 e. The van der Waals surface area contributed by atoms with E-state index in [0.717, 1.165) is 11.1 Å². The van der Waals surface area contributed by atoms with Crippen LogP contribution >= 0.6 is 0 Å². The second kappa shape index (κ2) is 6.77. The van der Waals surface area contributed by atoms with Crippen LogP contribution in [0.3, 0.4) is 0 Å². The van der Waals surface area contributed by atoms with Crippen molar-refractivity contribution in [1.29, 1.82) is 0 Å². The summed E-state index contributed by atoms with van der Waals surface area (Å²) < 4.78 is 5.19. The minimum absolute atomic E-state index is 0.471. The number of carbonyl (C=O) groups is 1. The molecule has 112 valence electrons. The molecule has 0 saturated carbocycles. The highest BCUT2D eigenvalue weighted by Crippen LogP contribution is 2.12. The van der Waals surface area contributed by atoms with Crippen molar-refractivity contribution in [2.24, 2.45) is 0 Å². The average molecular weight is 294 g/mol. The number of amides is 1. The first-order valence-electron chi connectivity index (χ1n) is 6.94. The van der Waals surface area contributed by atoms with E-state index >= 15 is 0 Å². The van der Waals surface area contributed by atoms with Crippen molar-refractivity contribution >= 4 is 11.8 Å². The third-order valence-corrected chi connectivity index (χ3v) is 2.54. The van der Waals surface area contributed by atoms with Gasteiger partial charge in [-0.25, -0.2) is 4.79 Å². The third-order valence-electron chi connectivity index (χ3n) is 2.54. The molecule has 2 aromatic rings. The molecule has 0 atom stereocenters. The van der Waals surface area contributed by atoms with Crippen molar-refractivity contribution in [3.8, 4) is 11.8 Å². The van der Waals surface area contributed by atoms with Crippen molar-refractivity contribution in [2.45, 2.75) is 26.4 Å². The lowest BCUT2D eigenvalue weighted by Gasteiger charge is -2.19. The van der Waals surface area contributed by atoms with E-state index in [2.05, 4.69) is 22.1 Å². The van der Waals surface area contributed by atoms with E-state index in [9.17, 15) is 4.79 Å². The van der Waals surface area contributed by atoms with E-state index in [1.165, 1.54) is 0 Å². The van der Waals surface area contributed by atoms with E-state index in [1.54, 1.807) is 24.5 Å². The first-order chi connectivity index (χ1) is 10.4. The van der Waals surface area contributed by atoms with Gasteiger partial charge in [0.15, 0.2) is 0 Å². The smallest absolute Gasteiger partial charge is 0.412 e. The van der Waals surface area contributed by atoms with E-state index < -0.39 is 11.7 Å². The average Bonchev–Trinajstić information content (AvgIpc) is 2.45. The molecule has 1 heterocycles. The Labute approximate surface area is 130 Å². The van der Waals surface area contributed by atoms with Gasteiger partial charge in [0.25, 0.3) is 0 Å². The number of ether oxygens (including phenoxy) is 1. The summed E-state index contributed by atoms with van der Waals surface area (Å²) in [4.78, 5) is 15.7. The zero-order chi connectivity index (χ0) is 16.0. The van der Waals surface area contributed by atoms with Gasteiger partial charge in [-0.05, 0) is 57.2 Å². The molecular formula is C18H18N2O2. The van der Waals surface area contributed by atoms with Crippen LogP contribution in [0.1, 0.15) is 31.9 Å². The largest absolute Gasteiger partial charge is 0.444 e. The number of carbonyl (C=O) groups excluding carboxylic acids is 1. The number of hydrogen-bond donors (Lipinski definition) is 1. The quantitative estimate of drug-likeness (QED) is 0.813. The fourth-order valence-electron chi connectivity index (χ4n) is 1.64. The molecule has 0 saturated heterocycles. The standard InChI is InChI=1S/C18H18N2O2/c1-18(2,3)22-17(21)20-16-10-8-14(9-11-16)6-7-15-5-4-12-19-13-15/h4-5,8-13H,1-3H3,(H,20,21). The van der Waals surface area contributed by atoms with Crippen LogP contribution in [0, 0.1) is 11.8 Å². The Bertz CT molecular complexity index is 690. The fraction of sp³-hybridized carbons (Fsp3) is 0.222. The van der Waals surface area contributed by atoms with Crippen molar-refractivity contribution in [3.05, 3.63) is 59.9 Å². The lowest BCUT2D eigenvalue weighted by atomic mass is 10.2. The molecule has 0 aliphatic rings. The fourth-order valence-corrected chi connectivity index (χ4v) is 1.64. The highest BCUT2D eigenvalue weighted by molar-refractivity contribution is 5.84. The molecule has 1 amide bonds. The maximum absolute atomic E-state index is 11.7. The van der Waals surface area contributed by atoms with E-state index in [0.29, 0.717) is 5.69 Å². The predicted octanol–water partition coefficient (Wildman–Crippen LogP) is 3.83. The van der Waals surface area contributed by atoms with Crippen molar-refractivity contribution in [1.82, 2.24) is 4.98 Å². The van der Waals surface area contributed by atoms with Gasteiger partial charge in [0.05, 0.1) is 0 Å². The van der Waals surface area contributed by atoms with Gasteiger partial charge in [-0.15, -0.1) is 0 Å². The summed E-state index contributed by atoms with van der Waals surface area (Å²) in [5.41, 5.74) is 1.87. The summed E-state index contributed by atoms with van der Waals surface area (Å²) in [7, 11) is 0. The normalized spacial score (nSPS) is 10.3. The maximum atomic E-state index is 11.7. The summed E-state index contributed by atoms with van der Waals surface area (Å²) in [5.74, 6) is 6.07. The van der Waals surface area contributed by atoms with Crippen LogP contribution < -0.4 is 5.32 Å². The Balaban J connectivity index is 1.99. The number of pyridine rings is 1. The van der Waals surface area contributed by atoms with Crippen LogP contribution in [-0.4, -0.2) is 16.7 Å². The Morgan fingerprint density at radius 2 is 1.77 bits per heavy atom. The number of nitrogens with one attached hydrogen (secondary N) is 1. The molecule has 2 rings (SSSR count). The second-order valence-electron chi connectivity index (χ2n) is 5.70. The van der Waals surface area contributed by atoms with Crippen LogP contribution in [0.15, 0.2) is 48.8 Å². The number of rotatable bonds is 1. The van der Waals surface area contributed by atoms with E-state index in [-0.39, 0.29) is 0 Å². The number of anilines is 1. The van der Waals surface area contributed by atoms with E-state index in [1.807, 2.05) is 45.0 Å². The van der Waals surface area contributed by atoms with Crippen molar-refractivity contribution in [2.75, 3.05) is 5.32 Å². The highest BCUT2D eigenvalue weighted by atomic mass is 16.6. The minimum Gasteiger partial charge on any atom is -0.444 e. The Morgan fingerprint density at radius 1 is 1.09 bits per heavy atom. The van der Waals surface area contributed by atoms with Crippen LogP contribution in [0.4, 0.5) is 10.5 Å². The first-order valence-corrected chi connectivity index (χ1v) is 6.94. The van der Waals surface area contributed by atoms with Gasteiger partial charge in [-0.1, -0.05) is 11.8 Å². The van der Waals surface area contributed by atoms with Crippen LogP contribution in [0.5, 0.6) is 0 Å². The Kier molecular flexibility index (Phi) is 4.80. The van der Waals surface area contributed by atoms with Crippen molar-refractivity contribution in [3.63, 3.8) is 0 Å². The zero-order valence-electron chi connectivity index (χ0n) is 12.9. The summed E-state index contributed by atoms with van der Waals surface area (Å²) in [6, 6.07) is 11.0. The van der Waals surface area contributed by atoms with Gasteiger partial charge in [0.1, 0.15) is 5.60 Å².